The van der Waals surface area contributed by atoms with E-state index in [0.29, 0.717) is 23.5 Å². The summed E-state index contributed by atoms with van der Waals surface area (Å²) >= 11 is 0. The highest BCUT2D eigenvalue weighted by Gasteiger charge is 2.19. The summed E-state index contributed by atoms with van der Waals surface area (Å²) in [5.41, 5.74) is 0.810. The van der Waals surface area contributed by atoms with Crippen LogP contribution in [0.2, 0.25) is 0 Å². The molecule has 0 aliphatic carbocycles. The molecule has 0 saturated heterocycles. The number of aliphatic hydroxyl groups is 1. The molecule has 0 radical (unpaired) electrons. The first-order valence-electron chi connectivity index (χ1n) is 7.03. The smallest absolute Gasteiger partial charge is 0.262 e. The summed E-state index contributed by atoms with van der Waals surface area (Å²) in [5, 5.41) is 9.25. The number of sulfonamides is 1. The molecule has 0 aliphatic rings. The molecule has 0 aromatic heterocycles. The Labute approximate surface area is 134 Å². The van der Waals surface area contributed by atoms with Crippen molar-refractivity contribution in [1.82, 2.24) is 0 Å². The van der Waals surface area contributed by atoms with E-state index in [2.05, 4.69) is 4.72 Å². The van der Waals surface area contributed by atoms with E-state index in [4.69, 9.17) is 4.74 Å². The van der Waals surface area contributed by atoms with Crippen LogP contribution >= 0.6 is 0 Å². The average molecular weight is 339 g/mol. The van der Waals surface area contributed by atoms with Gasteiger partial charge in [0.1, 0.15) is 11.6 Å². The van der Waals surface area contributed by atoms with Crippen LogP contribution in [0.1, 0.15) is 18.1 Å². The molecule has 0 fully saturated rings. The van der Waals surface area contributed by atoms with Crippen molar-refractivity contribution < 1.29 is 22.7 Å². The molecular formula is C16H18FNO4S. The Morgan fingerprint density at radius 1 is 1.22 bits per heavy atom. The lowest BCUT2D eigenvalue weighted by molar-refractivity contribution is 0.282. The molecule has 7 heteroatoms. The fraction of sp³-hybridized carbons (Fsp3) is 0.250. The Morgan fingerprint density at radius 2 is 1.96 bits per heavy atom. The quantitative estimate of drug-likeness (QED) is 0.848. The highest BCUT2D eigenvalue weighted by Crippen LogP contribution is 2.25. The summed E-state index contributed by atoms with van der Waals surface area (Å²) in [6, 6.07) is 8.14. The summed E-state index contributed by atoms with van der Waals surface area (Å²) in [6.07, 6.45) is 0. The van der Waals surface area contributed by atoms with E-state index < -0.39 is 22.4 Å². The van der Waals surface area contributed by atoms with Crippen molar-refractivity contribution in [2.45, 2.75) is 25.3 Å². The highest BCUT2D eigenvalue weighted by atomic mass is 32.2. The SMILES string of the molecule is CCOc1ccc(S(=O)(=O)Nc2cc(F)ccc2CO)c(C)c1. The van der Waals surface area contributed by atoms with Crippen molar-refractivity contribution in [3.8, 4) is 5.75 Å². The minimum Gasteiger partial charge on any atom is -0.494 e. The Bertz CT molecular complexity index is 806. The van der Waals surface area contributed by atoms with E-state index in [1.165, 1.54) is 12.1 Å². The predicted octanol–water partition coefficient (Wildman–Crippen LogP) is 2.83. The van der Waals surface area contributed by atoms with Gasteiger partial charge in [0.15, 0.2) is 0 Å². The standard InChI is InChI=1S/C16H18FNO4S/c1-3-22-14-6-7-16(11(2)8-14)23(20,21)18-15-9-13(17)5-4-12(15)10-19/h4-9,18-19H,3,10H2,1-2H3. The Balaban J connectivity index is 2.38. The fourth-order valence-corrected chi connectivity index (χ4v) is 3.48. The number of halogens is 1. The molecule has 2 aromatic rings. The van der Waals surface area contributed by atoms with Gasteiger partial charge < -0.3 is 9.84 Å². The van der Waals surface area contributed by atoms with Crippen molar-refractivity contribution in [2.24, 2.45) is 0 Å². The summed E-state index contributed by atoms with van der Waals surface area (Å²) < 4.78 is 46.0. The van der Waals surface area contributed by atoms with Crippen molar-refractivity contribution in [1.29, 1.82) is 0 Å². The van der Waals surface area contributed by atoms with Gasteiger partial charge in [-0.15, -0.1) is 0 Å². The number of rotatable bonds is 6. The van der Waals surface area contributed by atoms with Gasteiger partial charge in [-0.1, -0.05) is 6.07 Å². The third-order valence-electron chi connectivity index (χ3n) is 3.23. The molecule has 2 rings (SSSR count). The van der Waals surface area contributed by atoms with Crippen LogP contribution in [0.3, 0.4) is 0 Å². The fourth-order valence-electron chi connectivity index (χ4n) is 2.16. The number of benzene rings is 2. The zero-order valence-electron chi connectivity index (χ0n) is 12.8. The lowest BCUT2D eigenvalue weighted by Crippen LogP contribution is -2.15. The van der Waals surface area contributed by atoms with Gasteiger partial charge in [0.25, 0.3) is 10.0 Å². The van der Waals surface area contributed by atoms with Crippen LogP contribution in [0.25, 0.3) is 0 Å². The molecule has 124 valence electrons. The zero-order chi connectivity index (χ0) is 17.0. The number of aliphatic hydroxyl groups excluding tert-OH is 1. The number of anilines is 1. The average Bonchev–Trinajstić information content (AvgIpc) is 2.47. The Morgan fingerprint density at radius 3 is 2.57 bits per heavy atom. The van der Waals surface area contributed by atoms with Crippen LogP contribution in [0.5, 0.6) is 5.75 Å². The topological polar surface area (TPSA) is 75.6 Å². The Kier molecular flexibility index (Phi) is 5.23. The van der Waals surface area contributed by atoms with E-state index in [1.807, 2.05) is 6.92 Å². The zero-order valence-corrected chi connectivity index (χ0v) is 13.7. The number of hydrogen-bond acceptors (Lipinski definition) is 4. The second-order valence-corrected chi connectivity index (χ2v) is 6.58. The molecule has 0 amide bonds. The summed E-state index contributed by atoms with van der Waals surface area (Å²) in [4.78, 5) is 0.0640. The van der Waals surface area contributed by atoms with Gasteiger partial charge >= 0.3 is 0 Å². The maximum atomic E-state index is 13.3. The molecule has 0 bridgehead atoms. The van der Waals surface area contributed by atoms with E-state index in [-0.39, 0.29) is 10.6 Å². The normalized spacial score (nSPS) is 11.3. The van der Waals surface area contributed by atoms with Crippen LogP contribution in [-0.2, 0) is 16.6 Å². The maximum Gasteiger partial charge on any atom is 0.262 e. The van der Waals surface area contributed by atoms with Gasteiger partial charge in [0, 0.05) is 5.56 Å². The lowest BCUT2D eigenvalue weighted by atomic mass is 10.2. The third-order valence-corrected chi connectivity index (χ3v) is 4.76. The van der Waals surface area contributed by atoms with E-state index in [9.17, 15) is 17.9 Å². The van der Waals surface area contributed by atoms with Crippen molar-refractivity contribution in [3.05, 3.63) is 53.3 Å². The second-order valence-electron chi connectivity index (χ2n) is 4.93. The first-order chi connectivity index (χ1) is 10.9. The van der Waals surface area contributed by atoms with Crippen LogP contribution in [0.4, 0.5) is 10.1 Å². The summed E-state index contributed by atoms with van der Waals surface area (Å²) in [6.45, 7) is 3.56. The van der Waals surface area contributed by atoms with Gasteiger partial charge in [-0.05, 0) is 49.7 Å². The van der Waals surface area contributed by atoms with E-state index >= 15 is 0 Å². The minimum atomic E-state index is -3.91. The number of ether oxygens (including phenoxy) is 1. The van der Waals surface area contributed by atoms with Crippen molar-refractivity contribution >= 4 is 15.7 Å². The van der Waals surface area contributed by atoms with Gasteiger partial charge in [-0.2, -0.15) is 0 Å². The maximum absolute atomic E-state index is 13.3. The summed E-state index contributed by atoms with van der Waals surface area (Å²) in [7, 11) is -3.91. The molecule has 0 saturated carbocycles. The van der Waals surface area contributed by atoms with Crippen molar-refractivity contribution in [3.63, 3.8) is 0 Å². The van der Waals surface area contributed by atoms with Gasteiger partial charge in [-0.3, -0.25) is 4.72 Å². The predicted molar refractivity (Wildman–Crippen MR) is 85.5 cm³/mol. The van der Waals surface area contributed by atoms with E-state index in [1.54, 1.807) is 19.1 Å². The molecule has 0 heterocycles. The molecule has 2 N–H and O–H groups in total. The third kappa shape index (κ3) is 4.00. The van der Waals surface area contributed by atoms with Crippen LogP contribution in [0.15, 0.2) is 41.3 Å². The molecule has 2 aromatic carbocycles. The molecule has 0 aliphatic heterocycles. The van der Waals surface area contributed by atoms with Gasteiger partial charge in [0.05, 0.1) is 23.8 Å². The molecular weight excluding hydrogens is 321 g/mol. The van der Waals surface area contributed by atoms with Gasteiger partial charge in [-0.25, -0.2) is 12.8 Å². The highest BCUT2D eigenvalue weighted by molar-refractivity contribution is 7.92. The molecule has 0 spiro atoms. The number of nitrogens with one attached hydrogen (secondary N) is 1. The largest absolute Gasteiger partial charge is 0.494 e. The number of hydrogen-bond donors (Lipinski definition) is 2. The molecule has 0 atom stereocenters. The van der Waals surface area contributed by atoms with Crippen molar-refractivity contribution in [2.75, 3.05) is 11.3 Å². The molecule has 5 nitrogen and oxygen atoms in total. The van der Waals surface area contributed by atoms with Gasteiger partial charge in [0.2, 0.25) is 0 Å². The molecule has 0 unspecified atom stereocenters. The first kappa shape index (κ1) is 17.2. The van der Waals surface area contributed by atoms with E-state index in [0.717, 1.165) is 12.1 Å². The monoisotopic (exact) mass is 339 g/mol. The van der Waals surface area contributed by atoms with Crippen LogP contribution < -0.4 is 9.46 Å². The van der Waals surface area contributed by atoms with Crippen LogP contribution in [-0.4, -0.2) is 20.1 Å². The number of aryl methyl sites for hydroxylation is 1. The van der Waals surface area contributed by atoms with Crippen LogP contribution in [0, 0.1) is 12.7 Å². The minimum absolute atomic E-state index is 0.0146. The summed E-state index contributed by atoms with van der Waals surface area (Å²) in [5.74, 6) is -0.0194. The Hall–Kier alpha value is -2.12. The second kappa shape index (κ2) is 6.97. The first-order valence-corrected chi connectivity index (χ1v) is 8.51. The lowest BCUT2D eigenvalue weighted by Gasteiger charge is -2.14. The molecule has 23 heavy (non-hydrogen) atoms.